The van der Waals surface area contributed by atoms with Gasteiger partial charge in [-0.15, -0.1) is 0 Å². The van der Waals surface area contributed by atoms with Crippen molar-refractivity contribution in [2.24, 2.45) is 5.73 Å². The highest BCUT2D eigenvalue weighted by atomic mass is 32.1. The van der Waals surface area contributed by atoms with Crippen LogP contribution in [0.2, 0.25) is 0 Å². The highest BCUT2D eigenvalue weighted by Crippen LogP contribution is 1.94. The zero-order valence-electron chi connectivity index (χ0n) is 6.92. The number of hydrogen-bond acceptors (Lipinski definition) is 2. The summed E-state index contributed by atoms with van der Waals surface area (Å²) in [5, 5.41) is 0. The Morgan fingerprint density at radius 2 is 2.10 bits per heavy atom. The van der Waals surface area contributed by atoms with Gasteiger partial charge in [0.25, 0.3) is 0 Å². The first-order valence-corrected chi connectivity index (χ1v) is 3.93. The summed E-state index contributed by atoms with van der Waals surface area (Å²) < 4.78 is 0. The van der Waals surface area contributed by atoms with E-state index in [1.54, 1.807) is 0 Å². The van der Waals surface area contributed by atoms with E-state index in [9.17, 15) is 0 Å². The van der Waals surface area contributed by atoms with Crippen molar-refractivity contribution in [1.29, 1.82) is 0 Å². The molecular weight excluding hydrogens is 144 g/mol. The Morgan fingerprint density at radius 1 is 1.60 bits per heavy atom. The predicted octanol–water partition coefficient (Wildman–Crippen LogP) is 1.00. The monoisotopic (exact) mass is 160 g/mol. The summed E-state index contributed by atoms with van der Waals surface area (Å²) in [5.74, 6) is 0. The minimum absolute atomic E-state index is 0.578. The topological polar surface area (TPSA) is 29.3 Å². The molecule has 0 saturated carbocycles. The third-order valence-electron chi connectivity index (χ3n) is 1.59. The van der Waals surface area contributed by atoms with Gasteiger partial charge in [0, 0.05) is 19.0 Å². The average Bonchev–Trinajstić information content (AvgIpc) is 1.82. The molecule has 0 fully saturated rings. The van der Waals surface area contributed by atoms with Crippen LogP contribution in [-0.4, -0.2) is 29.5 Å². The highest BCUT2D eigenvalue weighted by Gasteiger charge is 2.01. The first-order chi connectivity index (χ1) is 4.54. The molecule has 2 N–H and O–H groups in total. The largest absolute Gasteiger partial charge is 0.393 e. The molecular formula is C7H16N2S. The quantitative estimate of drug-likeness (QED) is 0.622. The normalized spacial score (nSPS) is 10.9. The number of nitrogens with two attached hydrogens (primary N) is 1. The Bertz CT molecular complexity index is 112. The highest BCUT2D eigenvalue weighted by molar-refractivity contribution is 7.80. The predicted molar refractivity (Wildman–Crippen MR) is 49.2 cm³/mol. The van der Waals surface area contributed by atoms with Crippen LogP contribution in [-0.2, 0) is 0 Å². The van der Waals surface area contributed by atoms with Gasteiger partial charge in [0.1, 0.15) is 0 Å². The molecule has 60 valence electrons. The molecule has 10 heavy (non-hydrogen) atoms. The third kappa shape index (κ3) is 4.70. The second kappa shape index (κ2) is 4.63. The molecule has 0 radical (unpaired) electrons. The third-order valence-corrected chi connectivity index (χ3v) is 1.80. The van der Waals surface area contributed by atoms with E-state index < -0.39 is 0 Å². The van der Waals surface area contributed by atoms with Crippen LogP contribution >= 0.6 is 12.2 Å². The summed E-state index contributed by atoms with van der Waals surface area (Å²) in [6.07, 6.45) is 0.823. The molecule has 0 aliphatic heterocycles. The van der Waals surface area contributed by atoms with Crippen LogP contribution in [0.25, 0.3) is 0 Å². The van der Waals surface area contributed by atoms with Crippen LogP contribution in [0.5, 0.6) is 0 Å². The van der Waals surface area contributed by atoms with E-state index in [0.29, 0.717) is 11.0 Å². The molecule has 0 spiro atoms. The smallest absolute Gasteiger partial charge is 0.0740 e. The molecule has 0 amide bonds. The molecule has 0 saturated heterocycles. The van der Waals surface area contributed by atoms with Crippen molar-refractivity contribution in [3.8, 4) is 0 Å². The van der Waals surface area contributed by atoms with Gasteiger partial charge >= 0.3 is 0 Å². The molecule has 0 unspecified atom stereocenters. The molecule has 0 aliphatic rings. The Balaban J connectivity index is 3.39. The molecule has 0 atom stereocenters. The van der Waals surface area contributed by atoms with Crippen molar-refractivity contribution in [3.05, 3.63) is 0 Å². The first-order valence-electron chi connectivity index (χ1n) is 3.52. The van der Waals surface area contributed by atoms with Gasteiger partial charge in [0.15, 0.2) is 0 Å². The van der Waals surface area contributed by atoms with Gasteiger partial charge in [-0.25, -0.2) is 0 Å². The maximum atomic E-state index is 5.35. The van der Waals surface area contributed by atoms with Gasteiger partial charge in [-0.1, -0.05) is 12.2 Å². The van der Waals surface area contributed by atoms with E-state index in [1.807, 2.05) is 0 Å². The van der Waals surface area contributed by atoms with Crippen molar-refractivity contribution >= 4 is 17.2 Å². The second-order valence-electron chi connectivity index (χ2n) is 2.79. The SMILES string of the molecule is CC(C)N(C)CCC(N)=S. The van der Waals surface area contributed by atoms with Crippen molar-refractivity contribution in [2.45, 2.75) is 26.3 Å². The van der Waals surface area contributed by atoms with Crippen LogP contribution in [0.1, 0.15) is 20.3 Å². The van der Waals surface area contributed by atoms with Gasteiger partial charge in [-0.2, -0.15) is 0 Å². The lowest BCUT2D eigenvalue weighted by Crippen LogP contribution is -2.29. The van der Waals surface area contributed by atoms with Crippen LogP contribution in [0.3, 0.4) is 0 Å². The first kappa shape index (κ1) is 9.85. The van der Waals surface area contributed by atoms with Crippen molar-refractivity contribution in [3.63, 3.8) is 0 Å². The summed E-state index contributed by atoms with van der Waals surface area (Å²) in [6.45, 7) is 5.27. The zero-order valence-corrected chi connectivity index (χ0v) is 7.74. The summed E-state index contributed by atoms with van der Waals surface area (Å²) in [4.78, 5) is 2.83. The molecule has 0 aromatic rings. The Hall–Kier alpha value is -0.150. The molecule has 3 heteroatoms. The van der Waals surface area contributed by atoms with Crippen molar-refractivity contribution < 1.29 is 0 Å². The van der Waals surface area contributed by atoms with Gasteiger partial charge in [-0.3, -0.25) is 0 Å². The Morgan fingerprint density at radius 3 is 2.40 bits per heavy atom. The molecule has 0 heterocycles. The fraction of sp³-hybridized carbons (Fsp3) is 0.857. The van der Waals surface area contributed by atoms with Gasteiger partial charge in [0.05, 0.1) is 4.99 Å². The standard InChI is InChI=1S/C7H16N2S/c1-6(2)9(3)5-4-7(8)10/h6H,4-5H2,1-3H3,(H2,8,10). The maximum Gasteiger partial charge on any atom is 0.0740 e. The van der Waals surface area contributed by atoms with E-state index in [4.69, 9.17) is 18.0 Å². The van der Waals surface area contributed by atoms with Gasteiger partial charge in [0.2, 0.25) is 0 Å². The van der Waals surface area contributed by atoms with Crippen LogP contribution in [0, 0.1) is 0 Å². The lowest BCUT2D eigenvalue weighted by Gasteiger charge is -2.20. The fourth-order valence-corrected chi connectivity index (χ4v) is 0.636. The number of thiocarbonyl (C=S) groups is 1. The van der Waals surface area contributed by atoms with Crippen LogP contribution < -0.4 is 5.73 Å². The maximum absolute atomic E-state index is 5.35. The summed E-state index contributed by atoms with van der Waals surface area (Å²) in [7, 11) is 2.07. The van der Waals surface area contributed by atoms with E-state index in [0.717, 1.165) is 13.0 Å². The summed E-state index contributed by atoms with van der Waals surface area (Å²) >= 11 is 4.75. The van der Waals surface area contributed by atoms with Crippen molar-refractivity contribution in [2.75, 3.05) is 13.6 Å². The fourth-order valence-electron chi connectivity index (χ4n) is 0.545. The van der Waals surface area contributed by atoms with E-state index in [2.05, 4.69) is 25.8 Å². The van der Waals surface area contributed by atoms with Crippen molar-refractivity contribution in [1.82, 2.24) is 4.90 Å². The van der Waals surface area contributed by atoms with Crippen LogP contribution in [0.4, 0.5) is 0 Å². The molecule has 2 nitrogen and oxygen atoms in total. The minimum Gasteiger partial charge on any atom is -0.393 e. The van der Waals surface area contributed by atoms with E-state index in [1.165, 1.54) is 0 Å². The van der Waals surface area contributed by atoms with E-state index >= 15 is 0 Å². The summed E-state index contributed by atoms with van der Waals surface area (Å²) in [5.41, 5.74) is 5.35. The zero-order chi connectivity index (χ0) is 8.15. The molecule has 0 aliphatic carbocycles. The lowest BCUT2D eigenvalue weighted by molar-refractivity contribution is 0.282. The minimum atomic E-state index is 0.578. The average molecular weight is 160 g/mol. The number of rotatable bonds is 4. The number of nitrogens with zero attached hydrogens (tertiary/aromatic N) is 1. The Labute approximate surface area is 68.4 Å². The molecule has 0 aromatic carbocycles. The molecule has 0 rings (SSSR count). The molecule has 0 aromatic heterocycles. The van der Waals surface area contributed by atoms with E-state index in [-0.39, 0.29) is 0 Å². The molecule has 0 bridgehead atoms. The lowest BCUT2D eigenvalue weighted by atomic mass is 10.3. The second-order valence-corrected chi connectivity index (χ2v) is 3.32. The number of hydrogen-bond donors (Lipinski definition) is 1. The van der Waals surface area contributed by atoms with Crippen LogP contribution in [0.15, 0.2) is 0 Å². The van der Waals surface area contributed by atoms with Gasteiger partial charge < -0.3 is 10.6 Å². The summed E-state index contributed by atoms with van der Waals surface area (Å²) in [6, 6.07) is 0.578. The van der Waals surface area contributed by atoms with Gasteiger partial charge in [-0.05, 0) is 20.9 Å². The Kier molecular flexibility index (Phi) is 4.56.